The summed E-state index contributed by atoms with van der Waals surface area (Å²) in [6.07, 6.45) is 0.845. The zero-order valence-electron chi connectivity index (χ0n) is 8.93. The summed E-state index contributed by atoms with van der Waals surface area (Å²) in [5.74, 6) is -2.13. The number of ether oxygens (including phenoxy) is 2. The van der Waals surface area contributed by atoms with Gasteiger partial charge in [-0.3, -0.25) is 9.59 Å². The fourth-order valence-electron chi connectivity index (χ4n) is 2.00. The molecule has 0 aromatic heterocycles. The fourth-order valence-corrected chi connectivity index (χ4v) is 2.00. The summed E-state index contributed by atoms with van der Waals surface area (Å²) in [6, 6.07) is 0. The van der Waals surface area contributed by atoms with Crippen LogP contribution in [0.15, 0.2) is 0 Å². The average molecular weight is 216 g/mol. The second kappa shape index (κ2) is 5.11. The number of hydrogen-bond donors (Lipinski definition) is 1. The molecule has 0 amide bonds. The summed E-state index contributed by atoms with van der Waals surface area (Å²) in [7, 11) is 2.55. The van der Waals surface area contributed by atoms with Crippen LogP contribution in [0.25, 0.3) is 0 Å². The molecule has 0 heterocycles. The van der Waals surface area contributed by atoms with E-state index in [0.29, 0.717) is 12.8 Å². The number of rotatable bonds is 2. The van der Waals surface area contributed by atoms with E-state index in [4.69, 9.17) is 0 Å². The van der Waals surface area contributed by atoms with Gasteiger partial charge in [0.2, 0.25) is 0 Å². The molecule has 0 spiro atoms. The highest BCUT2D eigenvalue weighted by Gasteiger charge is 2.40. The van der Waals surface area contributed by atoms with Crippen LogP contribution < -0.4 is 0 Å². The number of carbonyl (C=O) groups is 2. The summed E-state index contributed by atoms with van der Waals surface area (Å²) in [4.78, 5) is 22.6. The molecule has 0 radical (unpaired) electrons. The van der Waals surface area contributed by atoms with Gasteiger partial charge in [-0.25, -0.2) is 0 Å². The van der Waals surface area contributed by atoms with Gasteiger partial charge >= 0.3 is 11.9 Å². The first-order valence-corrected chi connectivity index (χ1v) is 4.95. The van der Waals surface area contributed by atoms with Gasteiger partial charge in [-0.15, -0.1) is 0 Å². The van der Waals surface area contributed by atoms with E-state index in [1.165, 1.54) is 14.2 Å². The van der Waals surface area contributed by atoms with E-state index in [2.05, 4.69) is 9.47 Å². The summed E-state index contributed by atoms with van der Waals surface area (Å²) in [5, 5.41) is 9.83. The number of esters is 2. The van der Waals surface area contributed by atoms with Crippen molar-refractivity contribution >= 4 is 11.9 Å². The predicted octanol–water partition coefficient (Wildman–Crippen LogP) is 0.110. The third-order valence-corrected chi connectivity index (χ3v) is 2.86. The number of methoxy groups -OCH3 is 2. The van der Waals surface area contributed by atoms with Gasteiger partial charge in [0.15, 0.2) is 0 Å². The molecule has 0 saturated heterocycles. The van der Waals surface area contributed by atoms with E-state index in [-0.39, 0.29) is 0 Å². The summed E-state index contributed by atoms with van der Waals surface area (Å²) in [5.41, 5.74) is 0. The molecule has 15 heavy (non-hydrogen) atoms. The van der Waals surface area contributed by atoms with Crippen LogP contribution in [0.3, 0.4) is 0 Å². The smallest absolute Gasteiger partial charge is 0.311 e. The molecule has 0 aromatic rings. The Labute approximate surface area is 88.4 Å². The van der Waals surface area contributed by atoms with Crippen LogP contribution in [-0.2, 0) is 19.1 Å². The van der Waals surface area contributed by atoms with E-state index in [1.54, 1.807) is 0 Å². The lowest BCUT2D eigenvalue weighted by atomic mass is 9.79. The standard InChI is InChI=1S/C10H16O5/c1-14-9(12)6-4-3-5-7(8(6)11)10(13)15-2/h6-8,11H,3-5H2,1-2H3/t6-,7-/m1/s1. The minimum Gasteiger partial charge on any atom is -0.469 e. The molecule has 2 atom stereocenters. The molecular formula is C10H16O5. The molecule has 0 bridgehead atoms. The molecule has 1 rings (SSSR count). The molecule has 1 aliphatic carbocycles. The predicted molar refractivity (Wildman–Crippen MR) is 50.9 cm³/mol. The van der Waals surface area contributed by atoms with Crippen molar-refractivity contribution in [2.45, 2.75) is 25.4 Å². The highest BCUT2D eigenvalue weighted by atomic mass is 16.5. The third kappa shape index (κ3) is 2.47. The molecule has 5 heteroatoms. The van der Waals surface area contributed by atoms with Crippen molar-refractivity contribution in [2.75, 3.05) is 14.2 Å². The Hall–Kier alpha value is -1.10. The van der Waals surface area contributed by atoms with Crippen LogP contribution in [0.4, 0.5) is 0 Å². The highest BCUT2D eigenvalue weighted by molar-refractivity contribution is 5.77. The van der Waals surface area contributed by atoms with Gasteiger partial charge in [0.25, 0.3) is 0 Å². The van der Waals surface area contributed by atoms with Gasteiger partial charge in [0, 0.05) is 0 Å². The van der Waals surface area contributed by atoms with Crippen LogP contribution in [0.2, 0.25) is 0 Å². The monoisotopic (exact) mass is 216 g/mol. The molecule has 1 fully saturated rings. The van der Waals surface area contributed by atoms with Gasteiger partial charge in [0.05, 0.1) is 32.2 Å². The van der Waals surface area contributed by atoms with Gasteiger partial charge in [-0.1, -0.05) is 6.42 Å². The lowest BCUT2D eigenvalue weighted by molar-refractivity contribution is -0.161. The van der Waals surface area contributed by atoms with Crippen molar-refractivity contribution in [1.29, 1.82) is 0 Å². The quantitative estimate of drug-likeness (QED) is 0.663. The molecule has 1 aliphatic rings. The summed E-state index contributed by atoms with van der Waals surface area (Å²) < 4.78 is 9.14. The number of carbonyl (C=O) groups excluding carboxylic acids is 2. The molecule has 0 aromatic carbocycles. The van der Waals surface area contributed by atoms with Gasteiger partial charge in [-0.05, 0) is 12.8 Å². The molecular weight excluding hydrogens is 200 g/mol. The lowest BCUT2D eigenvalue weighted by Crippen LogP contribution is -2.42. The summed E-state index contributed by atoms with van der Waals surface area (Å²) in [6.45, 7) is 0. The SMILES string of the molecule is COC(=O)[C@@H]1CCC[C@@H](C(=O)OC)C1O. The van der Waals surface area contributed by atoms with Gasteiger partial charge < -0.3 is 14.6 Å². The van der Waals surface area contributed by atoms with Crippen LogP contribution in [0, 0.1) is 11.8 Å². The number of aliphatic hydroxyl groups excluding tert-OH is 1. The largest absolute Gasteiger partial charge is 0.469 e. The van der Waals surface area contributed by atoms with Crippen molar-refractivity contribution < 1.29 is 24.2 Å². The molecule has 1 N–H and O–H groups in total. The van der Waals surface area contributed by atoms with E-state index in [1.807, 2.05) is 0 Å². The second-order valence-corrected chi connectivity index (χ2v) is 3.68. The Morgan fingerprint density at radius 2 is 1.47 bits per heavy atom. The Kier molecular flexibility index (Phi) is 4.08. The highest BCUT2D eigenvalue weighted by Crippen LogP contribution is 2.31. The van der Waals surface area contributed by atoms with E-state index >= 15 is 0 Å². The van der Waals surface area contributed by atoms with Crippen molar-refractivity contribution in [3.63, 3.8) is 0 Å². The van der Waals surface area contributed by atoms with E-state index in [0.717, 1.165) is 6.42 Å². The second-order valence-electron chi connectivity index (χ2n) is 3.68. The first-order valence-electron chi connectivity index (χ1n) is 4.95. The first-order chi connectivity index (χ1) is 7.11. The topological polar surface area (TPSA) is 72.8 Å². The summed E-state index contributed by atoms with van der Waals surface area (Å²) >= 11 is 0. The van der Waals surface area contributed by atoms with Crippen LogP contribution >= 0.6 is 0 Å². The van der Waals surface area contributed by atoms with E-state index in [9.17, 15) is 14.7 Å². The van der Waals surface area contributed by atoms with Gasteiger partial charge in [0.1, 0.15) is 0 Å². The maximum Gasteiger partial charge on any atom is 0.311 e. The Balaban J connectivity index is 2.70. The van der Waals surface area contributed by atoms with Crippen molar-refractivity contribution in [3.8, 4) is 0 Å². The molecule has 86 valence electrons. The van der Waals surface area contributed by atoms with Crippen molar-refractivity contribution in [2.24, 2.45) is 11.8 Å². The zero-order valence-corrected chi connectivity index (χ0v) is 8.93. The van der Waals surface area contributed by atoms with Crippen LogP contribution in [-0.4, -0.2) is 37.4 Å². The van der Waals surface area contributed by atoms with Gasteiger partial charge in [-0.2, -0.15) is 0 Å². The normalized spacial score (nSPS) is 27.1. The maximum atomic E-state index is 11.3. The van der Waals surface area contributed by atoms with Crippen LogP contribution in [0.5, 0.6) is 0 Å². The maximum absolute atomic E-state index is 11.3. The molecule has 0 unspecified atom stereocenters. The molecule has 1 saturated carbocycles. The Morgan fingerprint density at radius 1 is 1.07 bits per heavy atom. The minimum atomic E-state index is -0.987. The fraction of sp³-hybridized carbons (Fsp3) is 0.800. The number of hydrogen-bond acceptors (Lipinski definition) is 5. The van der Waals surface area contributed by atoms with E-state index < -0.39 is 29.9 Å². The lowest BCUT2D eigenvalue weighted by Gasteiger charge is -2.31. The Bertz CT molecular complexity index is 226. The molecule has 5 nitrogen and oxygen atoms in total. The zero-order chi connectivity index (χ0) is 11.4. The third-order valence-electron chi connectivity index (χ3n) is 2.86. The van der Waals surface area contributed by atoms with Crippen molar-refractivity contribution in [1.82, 2.24) is 0 Å². The first kappa shape index (κ1) is 12.0. The molecule has 0 aliphatic heterocycles. The average Bonchev–Trinajstić information content (AvgIpc) is 2.27. The van der Waals surface area contributed by atoms with Crippen LogP contribution in [0.1, 0.15) is 19.3 Å². The minimum absolute atomic E-state index is 0.462. The van der Waals surface area contributed by atoms with Crippen molar-refractivity contribution in [3.05, 3.63) is 0 Å². The Morgan fingerprint density at radius 3 is 1.80 bits per heavy atom. The number of aliphatic hydroxyl groups is 1.